The molecule has 3 rings (SSSR count). The molecule has 1 amide bonds. The number of halogens is 1. The molecule has 1 fully saturated rings. The zero-order valence-corrected chi connectivity index (χ0v) is 11.9. The Balaban J connectivity index is 0.00000147. The Labute approximate surface area is 124 Å². The Hall–Kier alpha value is -1.46. The van der Waals surface area contributed by atoms with Crippen LogP contribution in [0, 0.1) is 5.92 Å². The van der Waals surface area contributed by atoms with E-state index in [1.165, 1.54) is 12.8 Å². The van der Waals surface area contributed by atoms with Crippen LogP contribution in [-0.4, -0.2) is 31.7 Å². The van der Waals surface area contributed by atoms with Crippen LogP contribution in [0.1, 0.15) is 23.2 Å². The van der Waals surface area contributed by atoms with E-state index in [1.54, 1.807) is 18.2 Å². The molecule has 1 aliphatic heterocycles. The summed E-state index contributed by atoms with van der Waals surface area (Å²) in [5, 5.41) is 2.87. The monoisotopic (exact) mass is 298 g/mol. The first-order valence-corrected chi connectivity index (χ1v) is 6.68. The van der Waals surface area contributed by atoms with Gasteiger partial charge in [-0.2, -0.15) is 0 Å². The summed E-state index contributed by atoms with van der Waals surface area (Å²) in [5.41, 5.74) is 6.49. The van der Waals surface area contributed by atoms with Gasteiger partial charge in [-0.1, -0.05) is 6.07 Å². The highest BCUT2D eigenvalue weighted by molar-refractivity contribution is 5.97. The highest BCUT2D eigenvalue weighted by atomic mass is 35.5. The third-order valence-electron chi connectivity index (χ3n) is 3.54. The quantitative estimate of drug-likeness (QED) is 0.880. The largest absolute Gasteiger partial charge is 0.486 e. The zero-order chi connectivity index (χ0) is 13.2. The number of rotatable bonds is 4. The molecule has 0 bridgehead atoms. The van der Waals surface area contributed by atoms with Crippen molar-refractivity contribution in [3.63, 3.8) is 0 Å². The lowest BCUT2D eigenvalue weighted by Gasteiger charge is -2.21. The molecule has 1 aromatic rings. The summed E-state index contributed by atoms with van der Waals surface area (Å²) in [5.74, 6) is 1.58. The second kappa shape index (κ2) is 6.33. The van der Waals surface area contributed by atoms with Gasteiger partial charge in [0.05, 0.1) is 5.56 Å². The molecule has 0 aromatic heterocycles. The summed E-state index contributed by atoms with van der Waals surface area (Å²) in [4.78, 5) is 12.2. The molecule has 1 heterocycles. The number of para-hydroxylation sites is 1. The highest BCUT2D eigenvalue weighted by Crippen LogP contribution is 2.34. The van der Waals surface area contributed by atoms with E-state index in [4.69, 9.17) is 15.2 Å². The lowest BCUT2D eigenvalue weighted by molar-refractivity contribution is 0.0939. The van der Waals surface area contributed by atoms with E-state index in [0.717, 1.165) is 0 Å². The van der Waals surface area contributed by atoms with Gasteiger partial charge >= 0.3 is 0 Å². The average Bonchev–Trinajstić information content (AvgIpc) is 3.28. The Morgan fingerprint density at radius 1 is 1.35 bits per heavy atom. The van der Waals surface area contributed by atoms with Gasteiger partial charge in [-0.05, 0) is 30.9 Å². The van der Waals surface area contributed by atoms with Crippen molar-refractivity contribution in [1.29, 1.82) is 0 Å². The molecule has 110 valence electrons. The Bertz CT molecular complexity index is 491. The van der Waals surface area contributed by atoms with Crippen molar-refractivity contribution in [2.24, 2.45) is 11.7 Å². The number of carbonyl (C=O) groups excluding carboxylic acids is 1. The molecule has 0 radical (unpaired) electrons. The van der Waals surface area contributed by atoms with Gasteiger partial charge in [0, 0.05) is 12.6 Å². The minimum atomic E-state index is -0.154. The minimum Gasteiger partial charge on any atom is -0.486 e. The molecule has 3 N–H and O–H groups in total. The minimum absolute atomic E-state index is 0. The van der Waals surface area contributed by atoms with Crippen molar-refractivity contribution in [3.8, 4) is 11.5 Å². The predicted octanol–water partition coefficient (Wildman–Crippen LogP) is 1.35. The Kier molecular flexibility index (Phi) is 4.73. The predicted molar refractivity (Wildman–Crippen MR) is 77.7 cm³/mol. The Morgan fingerprint density at radius 3 is 2.85 bits per heavy atom. The first kappa shape index (κ1) is 14.9. The van der Waals surface area contributed by atoms with Crippen molar-refractivity contribution in [3.05, 3.63) is 23.8 Å². The standard InChI is InChI=1S/C14H18N2O3.ClH/c15-11(9-4-5-9)8-16-14(17)10-2-1-3-12-13(10)19-7-6-18-12;/h1-3,9,11H,4-8,15H2,(H,16,17);1H. The van der Waals surface area contributed by atoms with Crippen LogP contribution < -0.4 is 20.5 Å². The summed E-state index contributed by atoms with van der Waals surface area (Å²) < 4.78 is 11.0. The van der Waals surface area contributed by atoms with Gasteiger partial charge in [0.25, 0.3) is 5.91 Å². The second-order valence-corrected chi connectivity index (χ2v) is 5.04. The maximum Gasteiger partial charge on any atom is 0.255 e. The van der Waals surface area contributed by atoms with Gasteiger partial charge in [-0.25, -0.2) is 0 Å². The fraction of sp³-hybridized carbons (Fsp3) is 0.500. The van der Waals surface area contributed by atoms with Crippen LogP contribution >= 0.6 is 12.4 Å². The maximum absolute atomic E-state index is 12.2. The molecule has 1 atom stereocenters. The molecule has 0 saturated heterocycles. The first-order chi connectivity index (χ1) is 9.25. The lowest BCUT2D eigenvalue weighted by Crippen LogP contribution is -2.38. The van der Waals surface area contributed by atoms with Gasteiger partial charge in [0.15, 0.2) is 11.5 Å². The van der Waals surface area contributed by atoms with E-state index in [-0.39, 0.29) is 24.4 Å². The third-order valence-corrected chi connectivity index (χ3v) is 3.54. The fourth-order valence-corrected chi connectivity index (χ4v) is 2.25. The van der Waals surface area contributed by atoms with Gasteiger partial charge in [-0.3, -0.25) is 4.79 Å². The van der Waals surface area contributed by atoms with Crippen LogP contribution in [-0.2, 0) is 0 Å². The number of hydrogen-bond acceptors (Lipinski definition) is 4. The highest BCUT2D eigenvalue weighted by Gasteiger charge is 2.29. The van der Waals surface area contributed by atoms with Crippen LogP contribution in [0.15, 0.2) is 18.2 Å². The van der Waals surface area contributed by atoms with Crippen molar-refractivity contribution < 1.29 is 14.3 Å². The van der Waals surface area contributed by atoms with Crippen LogP contribution in [0.4, 0.5) is 0 Å². The number of nitrogens with one attached hydrogen (secondary N) is 1. The van der Waals surface area contributed by atoms with Crippen LogP contribution in [0.25, 0.3) is 0 Å². The maximum atomic E-state index is 12.2. The molecule has 1 saturated carbocycles. The molecule has 5 nitrogen and oxygen atoms in total. The van der Waals surface area contributed by atoms with Gasteiger partial charge in [0.1, 0.15) is 13.2 Å². The summed E-state index contributed by atoms with van der Waals surface area (Å²) >= 11 is 0. The Morgan fingerprint density at radius 2 is 2.10 bits per heavy atom. The van der Waals surface area contributed by atoms with E-state index in [2.05, 4.69) is 5.32 Å². The lowest BCUT2D eigenvalue weighted by atomic mass is 10.1. The van der Waals surface area contributed by atoms with E-state index in [9.17, 15) is 4.79 Å². The number of amides is 1. The SMILES string of the molecule is Cl.NC(CNC(=O)c1cccc2c1OCCO2)C1CC1. The summed E-state index contributed by atoms with van der Waals surface area (Å²) in [7, 11) is 0. The van der Waals surface area contributed by atoms with Crippen LogP contribution in [0.3, 0.4) is 0 Å². The number of benzene rings is 1. The van der Waals surface area contributed by atoms with Crippen molar-refractivity contribution in [2.75, 3.05) is 19.8 Å². The van der Waals surface area contributed by atoms with Crippen molar-refractivity contribution in [1.82, 2.24) is 5.32 Å². The molecule has 0 spiro atoms. The summed E-state index contributed by atoms with van der Waals surface area (Å²) in [6, 6.07) is 5.40. The smallest absolute Gasteiger partial charge is 0.255 e. The molecular weight excluding hydrogens is 280 g/mol. The topological polar surface area (TPSA) is 73.6 Å². The number of carbonyl (C=O) groups is 1. The normalized spacial score (nSPS) is 17.9. The average molecular weight is 299 g/mol. The van der Waals surface area contributed by atoms with E-state index >= 15 is 0 Å². The first-order valence-electron chi connectivity index (χ1n) is 6.68. The molecule has 1 unspecified atom stereocenters. The molecule has 1 aliphatic carbocycles. The zero-order valence-electron chi connectivity index (χ0n) is 11.1. The molecular formula is C14H19ClN2O3. The third kappa shape index (κ3) is 3.16. The summed E-state index contributed by atoms with van der Waals surface area (Å²) in [6.45, 7) is 1.50. The fourth-order valence-electron chi connectivity index (χ4n) is 2.25. The number of hydrogen-bond donors (Lipinski definition) is 2. The van der Waals surface area contributed by atoms with E-state index in [0.29, 0.717) is 42.7 Å². The number of fused-ring (bicyclic) bond motifs is 1. The van der Waals surface area contributed by atoms with Gasteiger partial charge in [0.2, 0.25) is 0 Å². The second-order valence-electron chi connectivity index (χ2n) is 5.04. The van der Waals surface area contributed by atoms with Crippen LogP contribution in [0.5, 0.6) is 11.5 Å². The van der Waals surface area contributed by atoms with E-state index in [1.807, 2.05) is 0 Å². The molecule has 1 aromatic carbocycles. The van der Waals surface area contributed by atoms with Crippen LogP contribution in [0.2, 0.25) is 0 Å². The summed E-state index contributed by atoms with van der Waals surface area (Å²) in [6.07, 6.45) is 2.35. The van der Waals surface area contributed by atoms with E-state index < -0.39 is 0 Å². The van der Waals surface area contributed by atoms with Crippen molar-refractivity contribution in [2.45, 2.75) is 18.9 Å². The molecule has 2 aliphatic rings. The molecule has 6 heteroatoms. The molecule has 20 heavy (non-hydrogen) atoms. The number of ether oxygens (including phenoxy) is 2. The number of nitrogens with two attached hydrogens (primary N) is 1. The van der Waals surface area contributed by atoms with Gasteiger partial charge in [-0.15, -0.1) is 12.4 Å². The van der Waals surface area contributed by atoms with Crippen molar-refractivity contribution >= 4 is 18.3 Å². The van der Waals surface area contributed by atoms with Gasteiger partial charge < -0.3 is 20.5 Å².